The minimum Gasteiger partial charge on any atom is -0.438 e. The molecule has 0 unspecified atom stereocenters. The van der Waals surface area contributed by atoms with Gasteiger partial charge < -0.3 is 4.42 Å². The summed E-state index contributed by atoms with van der Waals surface area (Å²) in [6.07, 6.45) is 3.21. The number of anilines is 1. The zero-order valence-corrected chi connectivity index (χ0v) is 14.7. The first-order valence-corrected chi connectivity index (χ1v) is 9.82. The molecule has 0 aliphatic heterocycles. The van der Waals surface area contributed by atoms with Crippen LogP contribution in [0.2, 0.25) is 0 Å². The van der Waals surface area contributed by atoms with Gasteiger partial charge in [0.05, 0.1) is 6.26 Å². The molecule has 2 heterocycles. The van der Waals surface area contributed by atoms with Gasteiger partial charge in [0.2, 0.25) is 15.7 Å². The molecule has 1 aliphatic rings. The number of fused-ring (bicyclic) bond motifs is 1. The quantitative estimate of drug-likeness (QED) is 0.708. The van der Waals surface area contributed by atoms with E-state index in [0.29, 0.717) is 23.2 Å². The Morgan fingerprint density at radius 2 is 1.88 bits per heavy atom. The second-order valence-corrected chi connectivity index (χ2v) is 8.43. The van der Waals surface area contributed by atoms with E-state index in [9.17, 15) is 12.8 Å². The fourth-order valence-corrected chi connectivity index (χ4v) is 3.30. The molecule has 25 heavy (non-hydrogen) atoms. The predicted octanol–water partition coefficient (Wildman–Crippen LogP) is 3.91. The topological polar surface area (TPSA) is 63.4 Å². The number of sulfonamides is 1. The van der Waals surface area contributed by atoms with Crippen molar-refractivity contribution in [3.63, 3.8) is 0 Å². The van der Waals surface area contributed by atoms with Crippen LogP contribution in [0.15, 0.2) is 40.8 Å². The summed E-state index contributed by atoms with van der Waals surface area (Å²) in [4.78, 5) is 4.47. The molecule has 1 aromatic carbocycles. The van der Waals surface area contributed by atoms with Crippen LogP contribution in [0.1, 0.15) is 24.3 Å². The predicted molar refractivity (Wildman–Crippen MR) is 94.6 cm³/mol. The Balaban J connectivity index is 1.86. The average Bonchev–Trinajstić information content (AvgIpc) is 3.32. The molecule has 0 N–H and O–H groups in total. The van der Waals surface area contributed by atoms with Crippen molar-refractivity contribution in [1.29, 1.82) is 0 Å². The van der Waals surface area contributed by atoms with E-state index in [-0.39, 0.29) is 5.82 Å². The first-order chi connectivity index (χ1) is 11.8. The second-order valence-electron chi connectivity index (χ2n) is 6.42. The summed E-state index contributed by atoms with van der Waals surface area (Å²) in [5, 5.41) is 0.812. The maximum absolute atomic E-state index is 13.1. The van der Waals surface area contributed by atoms with Crippen molar-refractivity contribution < 1.29 is 17.2 Å². The Labute approximate surface area is 145 Å². The first kappa shape index (κ1) is 16.1. The smallest absolute Gasteiger partial charge is 0.233 e. The van der Waals surface area contributed by atoms with Gasteiger partial charge in [-0.25, -0.2) is 12.8 Å². The number of rotatable bonds is 4. The van der Waals surface area contributed by atoms with Crippen molar-refractivity contribution in [1.82, 2.24) is 4.98 Å². The maximum Gasteiger partial charge on any atom is 0.233 e. The van der Waals surface area contributed by atoms with Crippen LogP contribution in [0.5, 0.6) is 0 Å². The summed E-state index contributed by atoms with van der Waals surface area (Å²) in [6.45, 7) is 0. The summed E-state index contributed by atoms with van der Waals surface area (Å²) >= 11 is 0. The molecule has 5 nitrogen and oxygen atoms in total. The van der Waals surface area contributed by atoms with Gasteiger partial charge in [0.15, 0.2) is 0 Å². The van der Waals surface area contributed by atoms with E-state index < -0.39 is 10.0 Å². The third-order valence-electron chi connectivity index (χ3n) is 4.46. The Bertz CT molecular complexity index is 1050. The van der Waals surface area contributed by atoms with Crippen LogP contribution >= 0.6 is 0 Å². The van der Waals surface area contributed by atoms with Crippen molar-refractivity contribution in [3.05, 3.63) is 47.8 Å². The molecule has 1 saturated carbocycles. The highest BCUT2D eigenvalue weighted by Gasteiger charge is 2.31. The van der Waals surface area contributed by atoms with Gasteiger partial charge in [0.1, 0.15) is 17.4 Å². The number of aromatic nitrogens is 1. The molecule has 7 heteroatoms. The standard InChI is InChI=1S/C18H17FN2O3S/c1-21(25(2,22)23)17-15(11-3-4-11)9-13-10-16(24-18(13)20-17)12-5-7-14(19)8-6-12/h5-11H,3-4H2,1-2H3. The third kappa shape index (κ3) is 3.00. The summed E-state index contributed by atoms with van der Waals surface area (Å²) in [7, 11) is -1.92. The fourth-order valence-electron chi connectivity index (χ4n) is 2.84. The molecule has 0 amide bonds. The number of furan rings is 1. The van der Waals surface area contributed by atoms with Gasteiger partial charge in [-0.05, 0) is 60.7 Å². The number of hydrogen-bond acceptors (Lipinski definition) is 4. The molecular formula is C18H17FN2O3S. The van der Waals surface area contributed by atoms with Gasteiger partial charge in [-0.2, -0.15) is 4.98 Å². The van der Waals surface area contributed by atoms with Gasteiger partial charge in [0.25, 0.3) is 0 Å². The highest BCUT2D eigenvalue weighted by Crippen LogP contribution is 2.45. The maximum atomic E-state index is 13.1. The fraction of sp³-hybridized carbons (Fsp3) is 0.278. The van der Waals surface area contributed by atoms with Crippen molar-refractivity contribution in [2.24, 2.45) is 0 Å². The minimum atomic E-state index is -3.42. The lowest BCUT2D eigenvalue weighted by molar-refractivity contribution is 0.599. The number of halogens is 1. The highest BCUT2D eigenvalue weighted by atomic mass is 32.2. The zero-order chi connectivity index (χ0) is 17.8. The molecular weight excluding hydrogens is 343 g/mol. The molecule has 1 fully saturated rings. The van der Waals surface area contributed by atoms with Crippen molar-refractivity contribution in [3.8, 4) is 11.3 Å². The van der Waals surface area contributed by atoms with Crippen LogP contribution in [0.4, 0.5) is 10.2 Å². The van der Waals surface area contributed by atoms with Crippen LogP contribution in [0.3, 0.4) is 0 Å². The summed E-state index contributed by atoms with van der Waals surface area (Å²) < 4.78 is 44.0. The van der Waals surface area contributed by atoms with Gasteiger partial charge in [-0.3, -0.25) is 4.31 Å². The van der Waals surface area contributed by atoms with Crippen LogP contribution in [0, 0.1) is 5.82 Å². The average molecular weight is 360 g/mol. The molecule has 3 aromatic rings. The number of nitrogens with zero attached hydrogens (tertiary/aromatic N) is 2. The molecule has 1 aliphatic carbocycles. The van der Waals surface area contributed by atoms with Gasteiger partial charge in [-0.15, -0.1) is 0 Å². The third-order valence-corrected chi connectivity index (χ3v) is 5.63. The second kappa shape index (κ2) is 5.56. The van der Waals surface area contributed by atoms with E-state index in [2.05, 4.69) is 4.98 Å². The normalized spacial score (nSPS) is 14.8. The van der Waals surface area contributed by atoms with Gasteiger partial charge in [-0.1, -0.05) is 0 Å². The molecule has 0 atom stereocenters. The monoisotopic (exact) mass is 360 g/mol. The number of benzene rings is 1. The van der Waals surface area contributed by atoms with E-state index in [1.807, 2.05) is 12.1 Å². The Morgan fingerprint density at radius 1 is 1.20 bits per heavy atom. The summed E-state index contributed by atoms with van der Waals surface area (Å²) in [5.41, 5.74) is 2.03. The molecule has 130 valence electrons. The van der Waals surface area contributed by atoms with E-state index in [1.165, 1.54) is 23.5 Å². The SMILES string of the molecule is CN(c1nc2oc(-c3ccc(F)cc3)cc2cc1C1CC1)S(C)(=O)=O. The highest BCUT2D eigenvalue weighted by molar-refractivity contribution is 7.92. The van der Waals surface area contributed by atoms with Crippen molar-refractivity contribution in [2.75, 3.05) is 17.6 Å². The van der Waals surface area contributed by atoms with Gasteiger partial charge >= 0.3 is 0 Å². The lowest BCUT2D eigenvalue weighted by Crippen LogP contribution is -2.26. The summed E-state index contributed by atoms with van der Waals surface area (Å²) in [5.74, 6) is 1.01. The summed E-state index contributed by atoms with van der Waals surface area (Å²) in [6, 6.07) is 9.82. The minimum absolute atomic E-state index is 0.314. The lowest BCUT2D eigenvalue weighted by Gasteiger charge is -2.18. The van der Waals surface area contributed by atoms with E-state index >= 15 is 0 Å². The number of pyridine rings is 1. The van der Waals surface area contributed by atoms with E-state index in [0.717, 1.165) is 35.6 Å². The molecule has 4 rings (SSSR count). The largest absolute Gasteiger partial charge is 0.438 e. The van der Waals surface area contributed by atoms with Crippen LogP contribution in [-0.2, 0) is 10.0 Å². The molecule has 0 saturated heterocycles. The molecule has 0 spiro atoms. The number of hydrogen-bond donors (Lipinski definition) is 0. The molecule has 0 bridgehead atoms. The van der Waals surface area contributed by atoms with Crippen LogP contribution in [-0.4, -0.2) is 26.7 Å². The zero-order valence-electron chi connectivity index (χ0n) is 13.9. The molecule has 2 aromatic heterocycles. The van der Waals surface area contributed by atoms with Crippen molar-refractivity contribution in [2.45, 2.75) is 18.8 Å². The Kier molecular flexibility index (Phi) is 3.57. The van der Waals surface area contributed by atoms with Gasteiger partial charge in [0, 0.05) is 18.0 Å². The van der Waals surface area contributed by atoms with Crippen LogP contribution in [0.25, 0.3) is 22.4 Å². The van der Waals surface area contributed by atoms with Crippen molar-refractivity contribution >= 4 is 26.9 Å². The Morgan fingerprint density at radius 3 is 2.48 bits per heavy atom. The van der Waals surface area contributed by atoms with E-state index in [1.54, 1.807) is 12.1 Å². The van der Waals surface area contributed by atoms with Crippen LogP contribution < -0.4 is 4.31 Å². The molecule has 0 radical (unpaired) electrons. The first-order valence-electron chi connectivity index (χ1n) is 7.97. The lowest BCUT2D eigenvalue weighted by atomic mass is 10.1. The van der Waals surface area contributed by atoms with E-state index in [4.69, 9.17) is 4.42 Å². The Hall–Kier alpha value is -2.41.